The van der Waals surface area contributed by atoms with Crippen molar-refractivity contribution in [1.29, 1.82) is 0 Å². The van der Waals surface area contributed by atoms with Gasteiger partial charge in [0.25, 0.3) is 0 Å². The van der Waals surface area contributed by atoms with Gasteiger partial charge in [-0.3, -0.25) is 9.69 Å². The number of methoxy groups -OCH3 is 1. The van der Waals surface area contributed by atoms with Gasteiger partial charge in [-0.2, -0.15) is 0 Å². The van der Waals surface area contributed by atoms with E-state index in [1.807, 2.05) is 11.0 Å². The van der Waals surface area contributed by atoms with Crippen LogP contribution < -0.4 is 10.1 Å². The molecule has 5 rings (SSSR count). The van der Waals surface area contributed by atoms with E-state index in [-0.39, 0.29) is 11.9 Å². The monoisotopic (exact) mass is 511 g/mol. The van der Waals surface area contributed by atoms with E-state index >= 15 is 0 Å². The number of likely N-dealkylation sites (tertiary alicyclic amines) is 1. The third-order valence-electron chi connectivity index (χ3n) is 7.80. The van der Waals surface area contributed by atoms with Crippen molar-refractivity contribution >= 4 is 11.8 Å². The molecule has 0 radical (unpaired) electrons. The molecule has 0 bridgehead atoms. The number of aryl methyl sites for hydroxylation is 2. The van der Waals surface area contributed by atoms with Crippen molar-refractivity contribution in [3.8, 4) is 5.75 Å². The minimum Gasteiger partial charge on any atom is -0.493 e. The highest BCUT2D eigenvalue weighted by molar-refractivity contribution is 5.77. The van der Waals surface area contributed by atoms with Gasteiger partial charge in [0.2, 0.25) is 0 Å². The van der Waals surface area contributed by atoms with E-state index in [9.17, 15) is 14.3 Å². The second-order valence-electron chi connectivity index (χ2n) is 10.6. The summed E-state index contributed by atoms with van der Waals surface area (Å²) in [5.41, 5.74) is 3.73. The Labute approximate surface area is 218 Å². The Bertz CT molecular complexity index is 1110. The molecule has 8 heteroatoms. The second kappa shape index (κ2) is 11.8. The average Bonchev–Trinajstić information content (AvgIpc) is 3.65. The summed E-state index contributed by atoms with van der Waals surface area (Å²) in [6, 6.07) is 6.73. The summed E-state index contributed by atoms with van der Waals surface area (Å²) < 4.78 is 26.2. The Morgan fingerprint density at radius 3 is 2.89 bits per heavy atom. The standard InChI is InChI=1S/C29H38FN3O4/c1-36-27-24(16-21(17-25(27)30)19-8-9-19)26(29(34)35)33-14-12-23(18-33)37-15-4-2-3-7-22-11-10-20-6-5-13-31-28(20)32-22/h10-11,16-17,19,23,26H,2-9,12-15,18H2,1H3,(H,31,32)(H,34,35)/t23-,26?/m1/s1. The fourth-order valence-electron chi connectivity index (χ4n) is 5.66. The molecule has 1 saturated heterocycles. The number of nitrogens with zero attached hydrogens (tertiary/aromatic N) is 2. The molecule has 37 heavy (non-hydrogen) atoms. The van der Waals surface area contributed by atoms with Crippen LogP contribution in [-0.2, 0) is 22.4 Å². The number of anilines is 1. The van der Waals surface area contributed by atoms with Crippen molar-refractivity contribution in [2.75, 3.05) is 38.7 Å². The minimum atomic E-state index is -0.989. The van der Waals surface area contributed by atoms with Gasteiger partial charge >= 0.3 is 5.97 Å². The van der Waals surface area contributed by atoms with E-state index in [4.69, 9.17) is 14.5 Å². The summed E-state index contributed by atoms with van der Waals surface area (Å²) in [5, 5.41) is 13.5. The number of benzene rings is 1. The van der Waals surface area contributed by atoms with Crippen molar-refractivity contribution in [3.63, 3.8) is 0 Å². The number of halogens is 1. The summed E-state index contributed by atoms with van der Waals surface area (Å²) in [5.74, 6) is -0.0650. The van der Waals surface area contributed by atoms with Crippen LogP contribution in [0.3, 0.4) is 0 Å². The fourth-order valence-corrected chi connectivity index (χ4v) is 5.66. The topological polar surface area (TPSA) is 83.9 Å². The second-order valence-corrected chi connectivity index (χ2v) is 10.6. The number of fused-ring (bicyclic) bond motifs is 1. The van der Waals surface area contributed by atoms with Crippen LogP contribution in [-0.4, -0.2) is 60.4 Å². The van der Waals surface area contributed by atoms with Gasteiger partial charge in [-0.25, -0.2) is 9.37 Å². The predicted molar refractivity (Wildman–Crippen MR) is 140 cm³/mol. The number of rotatable bonds is 12. The van der Waals surface area contributed by atoms with Gasteiger partial charge in [0.15, 0.2) is 11.6 Å². The minimum absolute atomic E-state index is 0.0160. The van der Waals surface area contributed by atoms with Crippen molar-refractivity contribution < 1.29 is 23.8 Å². The van der Waals surface area contributed by atoms with Gasteiger partial charge in [0, 0.05) is 37.5 Å². The van der Waals surface area contributed by atoms with Crippen LogP contribution in [0.25, 0.3) is 0 Å². The first-order valence-electron chi connectivity index (χ1n) is 13.7. The number of hydrogen-bond donors (Lipinski definition) is 2. The Morgan fingerprint density at radius 1 is 1.24 bits per heavy atom. The number of aromatic nitrogens is 1. The lowest BCUT2D eigenvalue weighted by Gasteiger charge is -2.26. The van der Waals surface area contributed by atoms with Gasteiger partial charge in [-0.15, -0.1) is 0 Å². The first kappa shape index (κ1) is 25.9. The highest BCUT2D eigenvalue weighted by Crippen LogP contribution is 2.44. The SMILES string of the molecule is COc1c(F)cc(C2CC2)cc1C(C(=O)O)N1CC[C@@H](OCCCCCc2ccc3c(n2)NCCC3)C1. The average molecular weight is 512 g/mol. The molecule has 3 heterocycles. The van der Waals surface area contributed by atoms with E-state index in [2.05, 4.69) is 17.4 Å². The summed E-state index contributed by atoms with van der Waals surface area (Å²) in [4.78, 5) is 19.0. The number of hydrogen-bond acceptors (Lipinski definition) is 6. The van der Waals surface area contributed by atoms with Gasteiger partial charge in [0.1, 0.15) is 11.9 Å². The zero-order chi connectivity index (χ0) is 25.8. The van der Waals surface area contributed by atoms with Crippen LogP contribution in [0.5, 0.6) is 5.75 Å². The quantitative estimate of drug-likeness (QED) is 0.384. The Morgan fingerprint density at radius 2 is 2.11 bits per heavy atom. The van der Waals surface area contributed by atoms with Crippen molar-refractivity contribution in [3.05, 3.63) is 52.5 Å². The van der Waals surface area contributed by atoms with Crippen LogP contribution in [0.2, 0.25) is 0 Å². The molecular formula is C29H38FN3O4. The number of nitrogens with one attached hydrogen (secondary N) is 1. The molecule has 2 N–H and O–H groups in total. The summed E-state index contributed by atoms with van der Waals surface area (Å²) in [6.45, 7) is 2.77. The molecule has 7 nitrogen and oxygen atoms in total. The molecular weight excluding hydrogens is 473 g/mol. The smallest absolute Gasteiger partial charge is 0.325 e. The number of carboxylic acids is 1. The first-order chi connectivity index (χ1) is 18.0. The maximum absolute atomic E-state index is 14.8. The lowest BCUT2D eigenvalue weighted by Crippen LogP contribution is -2.34. The molecule has 0 spiro atoms. The third-order valence-corrected chi connectivity index (χ3v) is 7.80. The van der Waals surface area contributed by atoms with E-state index in [0.717, 1.165) is 75.0 Å². The third kappa shape index (κ3) is 6.24. The van der Waals surface area contributed by atoms with E-state index in [0.29, 0.717) is 31.2 Å². The van der Waals surface area contributed by atoms with Crippen LogP contribution in [0.4, 0.5) is 10.2 Å². The molecule has 200 valence electrons. The maximum Gasteiger partial charge on any atom is 0.325 e. The fraction of sp³-hybridized carbons (Fsp3) is 0.586. The van der Waals surface area contributed by atoms with Crippen molar-refractivity contribution in [2.45, 2.75) is 75.9 Å². The first-order valence-corrected chi connectivity index (χ1v) is 13.7. The van der Waals surface area contributed by atoms with E-state index in [1.165, 1.54) is 25.2 Å². The van der Waals surface area contributed by atoms with Crippen LogP contribution in [0.15, 0.2) is 24.3 Å². The largest absolute Gasteiger partial charge is 0.493 e. The van der Waals surface area contributed by atoms with Gasteiger partial charge in [-0.05, 0) is 86.6 Å². The molecule has 2 fully saturated rings. The lowest BCUT2D eigenvalue weighted by molar-refractivity contribution is -0.143. The van der Waals surface area contributed by atoms with Gasteiger partial charge in [-0.1, -0.05) is 12.5 Å². The van der Waals surface area contributed by atoms with Gasteiger partial charge in [0.05, 0.1) is 13.2 Å². The zero-order valence-corrected chi connectivity index (χ0v) is 21.7. The number of carboxylic acid groups (broad SMARTS) is 1. The molecule has 1 aromatic carbocycles. The zero-order valence-electron chi connectivity index (χ0n) is 21.7. The number of ether oxygens (including phenoxy) is 2. The molecule has 2 aromatic rings. The molecule has 1 aromatic heterocycles. The van der Waals surface area contributed by atoms with E-state index in [1.54, 1.807) is 0 Å². The van der Waals surface area contributed by atoms with Crippen molar-refractivity contribution in [1.82, 2.24) is 9.88 Å². The molecule has 2 aliphatic heterocycles. The molecule has 1 aliphatic carbocycles. The number of carbonyl (C=O) groups is 1. The van der Waals surface area contributed by atoms with Crippen LogP contribution >= 0.6 is 0 Å². The van der Waals surface area contributed by atoms with E-state index < -0.39 is 17.8 Å². The number of aliphatic carboxylic acids is 1. The summed E-state index contributed by atoms with van der Waals surface area (Å²) in [6.07, 6.45) is 9.12. The lowest BCUT2D eigenvalue weighted by atomic mass is 9.99. The highest BCUT2D eigenvalue weighted by Gasteiger charge is 2.37. The Kier molecular flexibility index (Phi) is 8.25. The molecule has 0 amide bonds. The molecule has 2 atom stereocenters. The van der Waals surface area contributed by atoms with Crippen molar-refractivity contribution in [2.24, 2.45) is 0 Å². The molecule has 1 saturated carbocycles. The number of pyridine rings is 1. The molecule has 1 unspecified atom stereocenters. The van der Waals surface area contributed by atoms with Crippen LogP contribution in [0, 0.1) is 5.82 Å². The predicted octanol–water partition coefficient (Wildman–Crippen LogP) is 5.09. The molecule has 3 aliphatic rings. The Balaban J connectivity index is 1.09. The Hall–Kier alpha value is -2.71. The summed E-state index contributed by atoms with van der Waals surface area (Å²) in [7, 11) is 1.39. The van der Waals surface area contributed by atoms with Gasteiger partial charge < -0.3 is 19.9 Å². The highest BCUT2D eigenvalue weighted by atomic mass is 19.1. The summed E-state index contributed by atoms with van der Waals surface area (Å²) >= 11 is 0. The maximum atomic E-state index is 14.8. The van der Waals surface area contributed by atoms with Crippen LogP contribution in [0.1, 0.15) is 79.3 Å². The normalized spacial score (nSPS) is 20.3. The number of unbranched alkanes of at least 4 members (excludes halogenated alkanes) is 2.